The molecule has 0 aliphatic carbocycles. The number of hydrogen-bond donors (Lipinski definition) is 0. The van der Waals surface area contributed by atoms with E-state index in [-0.39, 0.29) is 0 Å². The third kappa shape index (κ3) is 3.73. The van der Waals surface area contributed by atoms with Gasteiger partial charge in [-0.3, -0.25) is 0 Å². The lowest BCUT2D eigenvalue weighted by molar-refractivity contribution is -0.313. The Morgan fingerprint density at radius 2 is 1.05 bits per heavy atom. The van der Waals surface area contributed by atoms with E-state index in [4.69, 9.17) is 19.2 Å². The van der Waals surface area contributed by atoms with Crippen molar-refractivity contribution in [3.05, 3.63) is 59.7 Å². The Labute approximate surface area is 118 Å². The molecule has 2 aromatic carbocycles. The fourth-order valence-corrected chi connectivity index (χ4v) is 1.85. The molecule has 0 saturated carbocycles. The summed E-state index contributed by atoms with van der Waals surface area (Å²) in [6.45, 7) is 0.665. The Bertz CT molecular complexity index is 490. The van der Waals surface area contributed by atoms with Crippen molar-refractivity contribution in [2.75, 3.05) is 14.2 Å². The standard InChI is InChI=1S/C16H18O4/c1-17-15-9-5-3-7-13(15)11-19-20-12-14-8-4-6-10-16(14)18-2/h3-10H,11-12H2,1-2H3. The summed E-state index contributed by atoms with van der Waals surface area (Å²) < 4.78 is 10.5. The van der Waals surface area contributed by atoms with Crippen LogP contribution >= 0.6 is 0 Å². The zero-order chi connectivity index (χ0) is 14.2. The van der Waals surface area contributed by atoms with E-state index in [1.807, 2.05) is 48.5 Å². The maximum absolute atomic E-state index is 5.24. The summed E-state index contributed by atoms with van der Waals surface area (Å²) in [5.74, 6) is 1.57. The summed E-state index contributed by atoms with van der Waals surface area (Å²) in [4.78, 5) is 10.5. The predicted octanol–water partition coefficient (Wildman–Crippen LogP) is 3.35. The number of hydrogen-bond acceptors (Lipinski definition) is 4. The van der Waals surface area contributed by atoms with Crippen LogP contribution < -0.4 is 9.47 Å². The molecule has 0 bridgehead atoms. The third-order valence-electron chi connectivity index (χ3n) is 2.90. The molecule has 0 N–H and O–H groups in total. The molecule has 4 heteroatoms. The van der Waals surface area contributed by atoms with Crippen LogP contribution in [0.1, 0.15) is 11.1 Å². The number of methoxy groups -OCH3 is 2. The average molecular weight is 274 g/mol. The van der Waals surface area contributed by atoms with Gasteiger partial charge in [-0.25, -0.2) is 9.78 Å². The molecule has 106 valence electrons. The lowest BCUT2D eigenvalue weighted by Gasteiger charge is -2.10. The molecule has 0 aliphatic rings. The van der Waals surface area contributed by atoms with Gasteiger partial charge >= 0.3 is 0 Å². The highest BCUT2D eigenvalue weighted by Gasteiger charge is 2.04. The van der Waals surface area contributed by atoms with Gasteiger partial charge in [0.05, 0.1) is 14.2 Å². The third-order valence-corrected chi connectivity index (χ3v) is 2.90. The van der Waals surface area contributed by atoms with Crippen LogP contribution in [-0.2, 0) is 23.0 Å². The van der Waals surface area contributed by atoms with Crippen LogP contribution in [-0.4, -0.2) is 14.2 Å². The molecular weight excluding hydrogens is 256 g/mol. The summed E-state index contributed by atoms with van der Waals surface area (Å²) in [5, 5.41) is 0. The quantitative estimate of drug-likeness (QED) is 0.441. The van der Waals surface area contributed by atoms with E-state index in [0.717, 1.165) is 22.6 Å². The van der Waals surface area contributed by atoms with E-state index in [1.54, 1.807) is 14.2 Å². The Morgan fingerprint density at radius 1 is 0.650 bits per heavy atom. The highest BCUT2D eigenvalue weighted by molar-refractivity contribution is 5.33. The van der Waals surface area contributed by atoms with Crippen molar-refractivity contribution in [2.45, 2.75) is 13.2 Å². The minimum atomic E-state index is 0.333. The van der Waals surface area contributed by atoms with Crippen LogP contribution in [0, 0.1) is 0 Å². The summed E-state index contributed by atoms with van der Waals surface area (Å²) in [5.41, 5.74) is 1.88. The number of para-hydroxylation sites is 2. The first-order valence-corrected chi connectivity index (χ1v) is 6.33. The number of rotatable bonds is 7. The smallest absolute Gasteiger partial charge is 0.124 e. The first kappa shape index (κ1) is 14.4. The van der Waals surface area contributed by atoms with Crippen molar-refractivity contribution in [3.8, 4) is 11.5 Å². The average Bonchev–Trinajstić information content (AvgIpc) is 2.52. The summed E-state index contributed by atoms with van der Waals surface area (Å²) in [6, 6.07) is 15.3. The SMILES string of the molecule is COc1ccccc1COOCc1ccccc1OC. The van der Waals surface area contributed by atoms with E-state index in [2.05, 4.69) is 0 Å². The second kappa shape index (κ2) is 7.53. The van der Waals surface area contributed by atoms with Crippen molar-refractivity contribution in [3.63, 3.8) is 0 Å². The Morgan fingerprint density at radius 3 is 1.45 bits per heavy atom. The monoisotopic (exact) mass is 274 g/mol. The molecule has 2 aromatic rings. The van der Waals surface area contributed by atoms with Crippen molar-refractivity contribution >= 4 is 0 Å². The van der Waals surface area contributed by atoms with E-state index in [0.29, 0.717) is 13.2 Å². The molecule has 0 amide bonds. The molecule has 0 saturated heterocycles. The van der Waals surface area contributed by atoms with Crippen LogP contribution in [0.15, 0.2) is 48.5 Å². The molecule has 0 radical (unpaired) electrons. The van der Waals surface area contributed by atoms with Gasteiger partial charge in [0, 0.05) is 11.1 Å². The fourth-order valence-electron chi connectivity index (χ4n) is 1.85. The molecule has 20 heavy (non-hydrogen) atoms. The van der Waals surface area contributed by atoms with Crippen LogP contribution in [0.3, 0.4) is 0 Å². The highest BCUT2D eigenvalue weighted by atomic mass is 17.2. The molecule has 0 fully saturated rings. The van der Waals surface area contributed by atoms with Gasteiger partial charge in [0.2, 0.25) is 0 Å². The molecule has 0 spiro atoms. The first-order chi connectivity index (χ1) is 9.85. The van der Waals surface area contributed by atoms with Gasteiger partial charge in [0.25, 0.3) is 0 Å². The highest BCUT2D eigenvalue weighted by Crippen LogP contribution is 2.20. The molecule has 2 rings (SSSR count). The Kier molecular flexibility index (Phi) is 5.41. The lowest BCUT2D eigenvalue weighted by atomic mass is 10.2. The van der Waals surface area contributed by atoms with Crippen molar-refractivity contribution < 1.29 is 19.2 Å². The van der Waals surface area contributed by atoms with Crippen LogP contribution in [0.5, 0.6) is 11.5 Å². The van der Waals surface area contributed by atoms with Gasteiger partial charge in [-0.2, -0.15) is 0 Å². The Balaban J connectivity index is 1.84. The largest absolute Gasteiger partial charge is 0.496 e. The summed E-state index contributed by atoms with van der Waals surface area (Å²) in [6.07, 6.45) is 0. The topological polar surface area (TPSA) is 36.9 Å². The molecule has 0 unspecified atom stereocenters. The Hall–Kier alpha value is -2.04. The molecular formula is C16H18O4. The maximum Gasteiger partial charge on any atom is 0.124 e. The summed E-state index contributed by atoms with van der Waals surface area (Å²) >= 11 is 0. The van der Waals surface area contributed by atoms with E-state index in [1.165, 1.54) is 0 Å². The van der Waals surface area contributed by atoms with E-state index < -0.39 is 0 Å². The van der Waals surface area contributed by atoms with Crippen molar-refractivity contribution in [2.24, 2.45) is 0 Å². The summed E-state index contributed by atoms with van der Waals surface area (Å²) in [7, 11) is 3.27. The molecule has 0 aromatic heterocycles. The number of ether oxygens (including phenoxy) is 2. The van der Waals surface area contributed by atoms with Gasteiger partial charge in [0.15, 0.2) is 0 Å². The first-order valence-electron chi connectivity index (χ1n) is 6.33. The van der Waals surface area contributed by atoms with E-state index in [9.17, 15) is 0 Å². The van der Waals surface area contributed by atoms with Crippen LogP contribution in [0.2, 0.25) is 0 Å². The van der Waals surface area contributed by atoms with E-state index >= 15 is 0 Å². The maximum atomic E-state index is 5.24. The van der Waals surface area contributed by atoms with Gasteiger partial charge in [-0.05, 0) is 12.1 Å². The lowest BCUT2D eigenvalue weighted by Crippen LogP contribution is -1.99. The second-order valence-electron chi connectivity index (χ2n) is 4.15. The molecule has 4 nitrogen and oxygen atoms in total. The second-order valence-corrected chi connectivity index (χ2v) is 4.15. The fraction of sp³-hybridized carbons (Fsp3) is 0.250. The number of benzene rings is 2. The van der Waals surface area contributed by atoms with Gasteiger partial charge in [0.1, 0.15) is 24.7 Å². The normalized spacial score (nSPS) is 10.3. The van der Waals surface area contributed by atoms with Gasteiger partial charge in [-0.15, -0.1) is 0 Å². The predicted molar refractivity (Wildman–Crippen MR) is 75.6 cm³/mol. The van der Waals surface area contributed by atoms with Crippen molar-refractivity contribution in [1.82, 2.24) is 0 Å². The minimum absolute atomic E-state index is 0.333. The molecule has 0 atom stereocenters. The zero-order valence-electron chi connectivity index (χ0n) is 11.7. The van der Waals surface area contributed by atoms with Crippen molar-refractivity contribution in [1.29, 1.82) is 0 Å². The van der Waals surface area contributed by atoms with Crippen LogP contribution in [0.4, 0.5) is 0 Å². The van der Waals surface area contributed by atoms with Crippen LogP contribution in [0.25, 0.3) is 0 Å². The molecule has 0 aliphatic heterocycles. The zero-order valence-corrected chi connectivity index (χ0v) is 11.7. The minimum Gasteiger partial charge on any atom is -0.496 e. The molecule has 0 heterocycles. The van der Waals surface area contributed by atoms with Gasteiger partial charge < -0.3 is 9.47 Å². The van der Waals surface area contributed by atoms with Gasteiger partial charge in [-0.1, -0.05) is 36.4 Å².